The molecule has 0 radical (unpaired) electrons. The Hall–Kier alpha value is -1.32. The summed E-state index contributed by atoms with van der Waals surface area (Å²) in [7, 11) is 0. The number of carboxylic acids is 1. The number of carbonyl (C=O) groups excluding carboxylic acids is 1. The molecule has 1 N–H and O–H groups in total. The minimum absolute atomic E-state index is 0.224. The molecular weight excluding hydrogens is 316 g/mol. The van der Waals surface area contributed by atoms with Crippen LogP contribution in [0.25, 0.3) is 0 Å². The summed E-state index contributed by atoms with van der Waals surface area (Å²) >= 11 is 0. The van der Waals surface area contributed by atoms with E-state index >= 15 is 0 Å². The molecule has 138 valence electrons. The van der Waals surface area contributed by atoms with E-state index in [1.165, 1.54) is 6.92 Å². The highest BCUT2D eigenvalue weighted by Crippen LogP contribution is 2.66. The molecule has 0 heterocycles. The Labute approximate surface area is 150 Å². The summed E-state index contributed by atoms with van der Waals surface area (Å²) in [5.41, 5.74) is -0.197. The fraction of sp³-hybridized carbons (Fsp3) is 0.810. The molecule has 4 nitrogen and oxygen atoms in total. The Morgan fingerprint density at radius 3 is 2.68 bits per heavy atom. The first kappa shape index (κ1) is 17.1. The monoisotopic (exact) mass is 346 g/mol. The van der Waals surface area contributed by atoms with Gasteiger partial charge in [-0.05, 0) is 80.1 Å². The van der Waals surface area contributed by atoms with Crippen molar-refractivity contribution in [1.29, 1.82) is 0 Å². The lowest BCUT2D eigenvalue weighted by Gasteiger charge is -2.59. The van der Waals surface area contributed by atoms with Gasteiger partial charge in [0.2, 0.25) is 0 Å². The van der Waals surface area contributed by atoms with E-state index < -0.39 is 11.4 Å². The first-order chi connectivity index (χ1) is 11.9. The van der Waals surface area contributed by atoms with Crippen LogP contribution < -0.4 is 0 Å². The first-order valence-electron chi connectivity index (χ1n) is 9.98. The zero-order valence-corrected chi connectivity index (χ0v) is 15.4. The highest BCUT2D eigenvalue weighted by Gasteiger charge is 2.61. The van der Waals surface area contributed by atoms with Gasteiger partial charge in [0.15, 0.2) is 0 Å². The van der Waals surface area contributed by atoms with Crippen LogP contribution in [0.3, 0.4) is 0 Å². The Balaban J connectivity index is 1.60. The zero-order chi connectivity index (χ0) is 17.8. The van der Waals surface area contributed by atoms with Gasteiger partial charge in [0.05, 0.1) is 5.41 Å². The molecule has 0 aromatic heterocycles. The van der Waals surface area contributed by atoms with Crippen LogP contribution in [0.1, 0.15) is 71.6 Å². The number of rotatable bonds is 2. The normalized spacial score (nSPS) is 45.6. The summed E-state index contributed by atoms with van der Waals surface area (Å²) in [6, 6.07) is 0. The van der Waals surface area contributed by atoms with E-state index in [0.29, 0.717) is 23.7 Å². The highest BCUT2D eigenvalue weighted by atomic mass is 16.5. The molecule has 3 fully saturated rings. The molecule has 1 unspecified atom stereocenters. The van der Waals surface area contributed by atoms with Crippen molar-refractivity contribution in [3.05, 3.63) is 11.8 Å². The van der Waals surface area contributed by atoms with Crippen LogP contribution in [0.5, 0.6) is 0 Å². The molecule has 4 aliphatic carbocycles. The minimum Gasteiger partial charge on any atom is -0.481 e. The van der Waals surface area contributed by atoms with Gasteiger partial charge in [0.1, 0.15) is 5.76 Å². The second-order valence-electron chi connectivity index (χ2n) is 9.22. The molecule has 4 rings (SSSR count). The number of hydrogen-bond donors (Lipinski definition) is 1. The molecule has 0 saturated heterocycles. The van der Waals surface area contributed by atoms with E-state index in [1.807, 2.05) is 0 Å². The van der Waals surface area contributed by atoms with Crippen molar-refractivity contribution in [2.75, 3.05) is 0 Å². The van der Waals surface area contributed by atoms with Gasteiger partial charge < -0.3 is 9.84 Å². The van der Waals surface area contributed by atoms with Crippen molar-refractivity contribution in [2.24, 2.45) is 34.5 Å². The summed E-state index contributed by atoms with van der Waals surface area (Å²) in [6.07, 6.45) is 11.2. The average molecular weight is 346 g/mol. The third kappa shape index (κ3) is 2.47. The molecule has 25 heavy (non-hydrogen) atoms. The second-order valence-corrected chi connectivity index (χ2v) is 9.22. The maximum absolute atomic E-state index is 12.1. The van der Waals surface area contributed by atoms with E-state index in [9.17, 15) is 14.7 Å². The largest absolute Gasteiger partial charge is 0.481 e. The number of carbonyl (C=O) groups is 2. The fourth-order valence-corrected chi connectivity index (χ4v) is 7.14. The van der Waals surface area contributed by atoms with E-state index in [1.54, 1.807) is 0 Å². The molecule has 4 aliphatic rings. The molecule has 0 amide bonds. The number of aliphatic carboxylic acids is 1. The van der Waals surface area contributed by atoms with Crippen molar-refractivity contribution in [1.82, 2.24) is 0 Å². The maximum Gasteiger partial charge on any atom is 0.309 e. The minimum atomic E-state index is -0.540. The highest BCUT2D eigenvalue weighted by molar-refractivity contribution is 5.75. The van der Waals surface area contributed by atoms with Gasteiger partial charge in [-0.3, -0.25) is 9.59 Å². The number of esters is 1. The van der Waals surface area contributed by atoms with Gasteiger partial charge in [-0.25, -0.2) is 0 Å². The van der Waals surface area contributed by atoms with Gasteiger partial charge in [0.25, 0.3) is 0 Å². The molecule has 0 aromatic rings. The van der Waals surface area contributed by atoms with Crippen molar-refractivity contribution in [2.45, 2.75) is 71.6 Å². The van der Waals surface area contributed by atoms with Gasteiger partial charge in [-0.2, -0.15) is 0 Å². The van der Waals surface area contributed by atoms with E-state index in [4.69, 9.17) is 4.74 Å². The number of ether oxygens (including phenoxy) is 1. The van der Waals surface area contributed by atoms with Crippen LogP contribution in [0, 0.1) is 34.5 Å². The maximum atomic E-state index is 12.1. The molecule has 4 heteroatoms. The fourth-order valence-electron chi connectivity index (χ4n) is 7.14. The van der Waals surface area contributed by atoms with Crippen LogP contribution in [0.2, 0.25) is 0 Å². The quantitative estimate of drug-likeness (QED) is 0.746. The first-order valence-corrected chi connectivity index (χ1v) is 9.98. The van der Waals surface area contributed by atoms with Crippen molar-refractivity contribution < 1.29 is 19.4 Å². The Morgan fingerprint density at radius 1 is 1.16 bits per heavy atom. The summed E-state index contributed by atoms with van der Waals surface area (Å²) in [4.78, 5) is 23.4. The molecule has 6 atom stereocenters. The Morgan fingerprint density at radius 2 is 1.96 bits per heavy atom. The van der Waals surface area contributed by atoms with Crippen molar-refractivity contribution in [3.63, 3.8) is 0 Å². The molecule has 3 saturated carbocycles. The smallest absolute Gasteiger partial charge is 0.309 e. The third-order valence-corrected chi connectivity index (χ3v) is 8.33. The lowest BCUT2D eigenvalue weighted by molar-refractivity contribution is -0.164. The van der Waals surface area contributed by atoms with Gasteiger partial charge in [-0.1, -0.05) is 13.3 Å². The Kier molecular flexibility index (Phi) is 4.01. The number of hydrogen-bond acceptors (Lipinski definition) is 3. The molecule has 0 bridgehead atoms. The predicted octanol–water partition coefficient (Wildman–Crippen LogP) is 4.54. The summed E-state index contributed by atoms with van der Waals surface area (Å²) in [5, 5.41) is 9.95. The molecule has 0 aliphatic heterocycles. The number of fused-ring (bicyclic) bond motifs is 5. The molecule has 0 spiro atoms. The second kappa shape index (κ2) is 5.85. The summed E-state index contributed by atoms with van der Waals surface area (Å²) < 4.78 is 5.38. The average Bonchev–Trinajstić information content (AvgIpc) is 3.00. The predicted molar refractivity (Wildman–Crippen MR) is 93.5 cm³/mol. The number of allylic oxidation sites excluding steroid dienone is 2. The Bertz CT molecular complexity index is 623. The van der Waals surface area contributed by atoms with Crippen LogP contribution in [0.15, 0.2) is 11.8 Å². The van der Waals surface area contributed by atoms with Crippen molar-refractivity contribution >= 4 is 11.9 Å². The van der Waals surface area contributed by atoms with Crippen LogP contribution in [-0.2, 0) is 14.3 Å². The zero-order valence-electron chi connectivity index (χ0n) is 15.4. The van der Waals surface area contributed by atoms with Gasteiger partial charge >= 0.3 is 11.9 Å². The lowest BCUT2D eigenvalue weighted by Crippen LogP contribution is -2.54. The van der Waals surface area contributed by atoms with E-state index in [-0.39, 0.29) is 11.4 Å². The summed E-state index contributed by atoms with van der Waals surface area (Å²) in [5.74, 6) is 2.21. The van der Waals surface area contributed by atoms with Crippen LogP contribution in [-0.4, -0.2) is 17.0 Å². The summed E-state index contributed by atoms with van der Waals surface area (Å²) in [6.45, 7) is 3.89. The van der Waals surface area contributed by atoms with E-state index in [0.717, 1.165) is 63.5 Å². The molecule has 0 aromatic carbocycles. The topological polar surface area (TPSA) is 63.6 Å². The van der Waals surface area contributed by atoms with Crippen LogP contribution >= 0.6 is 0 Å². The van der Waals surface area contributed by atoms with E-state index in [2.05, 4.69) is 13.0 Å². The van der Waals surface area contributed by atoms with Crippen molar-refractivity contribution in [3.8, 4) is 0 Å². The molecular formula is C21H30O4. The third-order valence-electron chi connectivity index (χ3n) is 8.33. The van der Waals surface area contributed by atoms with Gasteiger partial charge in [-0.15, -0.1) is 0 Å². The van der Waals surface area contributed by atoms with Crippen LogP contribution in [0.4, 0.5) is 0 Å². The SMILES string of the molecule is CC(=O)OC1=CC[C@@]2(C)C(CC[C@H]3[C@@H]4CCC[C@@]4(C(=O)O)CC[C@@H]32)C1. The standard InChI is InChI=1S/C21H30O4/c1-13(22)25-15-7-10-20(2)14(12-15)5-6-16-17(20)8-11-21(19(23)24)9-3-4-18(16)21/h7,14,16-18H,3-6,8-12H2,1-2H3,(H,23,24)/t14?,16-,17+,18+,20+,21-/m1/s1. The lowest BCUT2D eigenvalue weighted by atomic mass is 9.46. The van der Waals surface area contributed by atoms with Gasteiger partial charge in [0, 0.05) is 13.3 Å². The number of carboxylic acid groups (broad SMARTS) is 1.